The molecule has 162 valence electrons. The number of nitrogens with zero attached hydrogens (tertiary/aromatic N) is 1. The number of carbonyl (C=O) groups is 1. The Bertz CT molecular complexity index is 798. The van der Waals surface area contributed by atoms with Crippen LogP contribution >= 0.6 is 11.6 Å². The van der Waals surface area contributed by atoms with E-state index in [1.807, 2.05) is 48.5 Å². The summed E-state index contributed by atoms with van der Waals surface area (Å²) in [4.78, 5) is 14.4. The number of halogens is 1. The highest BCUT2D eigenvalue weighted by atomic mass is 35.5. The number of methoxy groups -OCH3 is 1. The van der Waals surface area contributed by atoms with Crippen molar-refractivity contribution in [1.82, 2.24) is 10.2 Å². The van der Waals surface area contributed by atoms with Crippen molar-refractivity contribution in [2.24, 2.45) is 5.92 Å². The molecule has 0 bridgehead atoms. The first-order valence-electron chi connectivity index (χ1n) is 10.2. The summed E-state index contributed by atoms with van der Waals surface area (Å²) in [7, 11) is 1.65. The van der Waals surface area contributed by atoms with Crippen LogP contribution < -0.4 is 10.1 Å². The molecule has 1 fully saturated rings. The Balaban J connectivity index is 1.47. The van der Waals surface area contributed by atoms with Gasteiger partial charge in [0, 0.05) is 43.6 Å². The SMILES string of the molecule is COc1ccc(CC2CN(C(=O)NCC(CO)Cc3ccc(Cl)cc3)CCO2)cc1. The summed E-state index contributed by atoms with van der Waals surface area (Å²) < 4.78 is 11.0. The second-order valence-electron chi connectivity index (χ2n) is 7.56. The Labute approximate surface area is 182 Å². The van der Waals surface area contributed by atoms with Crippen LogP contribution in [0.5, 0.6) is 5.75 Å². The zero-order valence-electron chi connectivity index (χ0n) is 17.2. The topological polar surface area (TPSA) is 71.0 Å². The van der Waals surface area contributed by atoms with E-state index < -0.39 is 0 Å². The first-order valence-corrected chi connectivity index (χ1v) is 10.6. The molecule has 2 atom stereocenters. The lowest BCUT2D eigenvalue weighted by atomic mass is 10.00. The van der Waals surface area contributed by atoms with E-state index in [1.54, 1.807) is 12.0 Å². The number of amides is 2. The molecule has 0 radical (unpaired) electrons. The van der Waals surface area contributed by atoms with Gasteiger partial charge in [0.1, 0.15) is 5.75 Å². The standard InChI is InChI=1S/C23H29ClN2O4/c1-29-21-8-4-18(5-9-21)13-22-15-26(10-11-30-22)23(28)25-14-19(16-27)12-17-2-6-20(24)7-3-17/h2-9,19,22,27H,10-16H2,1H3,(H,25,28). The maximum atomic E-state index is 12.6. The fourth-order valence-electron chi connectivity index (χ4n) is 3.55. The van der Waals surface area contributed by atoms with Crippen molar-refractivity contribution in [3.8, 4) is 5.75 Å². The normalized spacial score (nSPS) is 17.4. The summed E-state index contributed by atoms with van der Waals surface area (Å²) >= 11 is 5.92. The van der Waals surface area contributed by atoms with Crippen LogP contribution in [-0.4, -0.2) is 62.1 Å². The zero-order chi connectivity index (χ0) is 21.3. The predicted octanol–water partition coefficient (Wildman–Crippen LogP) is 3.15. The van der Waals surface area contributed by atoms with Crippen LogP contribution in [-0.2, 0) is 17.6 Å². The molecule has 2 amide bonds. The van der Waals surface area contributed by atoms with E-state index in [4.69, 9.17) is 21.1 Å². The quantitative estimate of drug-likeness (QED) is 0.672. The number of ether oxygens (including phenoxy) is 2. The molecular weight excluding hydrogens is 404 g/mol. The van der Waals surface area contributed by atoms with Crippen LogP contribution in [0.25, 0.3) is 0 Å². The van der Waals surface area contributed by atoms with Crippen molar-refractivity contribution in [2.45, 2.75) is 18.9 Å². The number of carbonyl (C=O) groups excluding carboxylic acids is 1. The Kier molecular flexibility index (Phi) is 8.37. The molecule has 0 aromatic heterocycles. The van der Waals surface area contributed by atoms with Gasteiger partial charge in [-0.15, -0.1) is 0 Å². The molecule has 0 aliphatic carbocycles. The van der Waals surface area contributed by atoms with Gasteiger partial charge >= 0.3 is 6.03 Å². The van der Waals surface area contributed by atoms with Gasteiger partial charge < -0.3 is 24.8 Å². The second-order valence-corrected chi connectivity index (χ2v) is 7.99. The van der Waals surface area contributed by atoms with Crippen molar-refractivity contribution in [2.75, 3.05) is 40.0 Å². The summed E-state index contributed by atoms with van der Waals surface area (Å²) in [6, 6.07) is 15.3. The maximum Gasteiger partial charge on any atom is 0.317 e. The van der Waals surface area contributed by atoms with Crippen LogP contribution in [0.3, 0.4) is 0 Å². The molecule has 1 aliphatic rings. The largest absolute Gasteiger partial charge is 0.497 e. The average molecular weight is 433 g/mol. The van der Waals surface area contributed by atoms with E-state index in [0.29, 0.717) is 37.7 Å². The fourth-order valence-corrected chi connectivity index (χ4v) is 3.68. The molecular formula is C23H29ClN2O4. The zero-order valence-corrected chi connectivity index (χ0v) is 18.0. The molecule has 6 nitrogen and oxygen atoms in total. The molecule has 1 heterocycles. The van der Waals surface area contributed by atoms with Crippen LogP contribution in [0.1, 0.15) is 11.1 Å². The summed E-state index contributed by atoms with van der Waals surface area (Å²) in [5.74, 6) is 0.771. The molecule has 0 saturated carbocycles. The highest BCUT2D eigenvalue weighted by molar-refractivity contribution is 6.30. The first kappa shape index (κ1) is 22.4. The molecule has 0 spiro atoms. The van der Waals surface area contributed by atoms with Crippen molar-refractivity contribution < 1.29 is 19.4 Å². The third-order valence-corrected chi connectivity index (χ3v) is 5.54. The maximum absolute atomic E-state index is 12.6. The van der Waals surface area contributed by atoms with E-state index in [9.17, 15) is 9.90 Å². The second kappa shape index (κ2) is 11.2. The lowest BCUT2D eigenvalue weighted by Gasteiger charge is -2.33. The third kappa shape index (κ3) is 6.62. The molecule has 1 saturated heterocycles. The Morgan fingerprint density at radius 2 is 1.93 bits per heavy atom. The number of aliphatic hydroxyl groups excluding tert-OH is 1. The number of benzene rings is 2. The van der Waals surface area contributed by atoms with Crippen LogP contribution in [0.15, 0.2) is 48.5 Å². The molecule has 2 aromatic carbocycles. The van der Waals surface area contributed by atoms with Gasteiger partial charge in [-0.1, -0.05) is 35.9 Å². The molecule has 2 N–H and O–H groups in total. The van der Waals surface area contributed by atoms with E-state index in [1.165, 1.54) is 0 Å². The predicted molar refractivity (Wildman–Crippen MR) is 117 cm³/mol. The minimum absolute atomic E-state index is 0.00606. The fraction of sp³-hybridized carbons (Fsp3) is 0.435. The molecule has 3 rings (SSSR count). The van der Waals surface area contributed by atoms with Gasteiger partial charge in [-0.3, -0.25) is 0 Å². The Hall–Kier alpha value is -2.28. The number of nitrogens with one attached hydrogen (secondary N) is 1. The van der Waals surface area contributed by atoms with Gasteiger partial charge in [0.15, 0.2) is 0 Å². The van der Waals surface area contributed by atoms with Crippen LogP contribution in [0.4, 0.5) is 4.79 Å². The highest BCUT2D eigenvalue weighted by Gasteiger charge is 2.25. The third-order valence-electron chi connectivity index (χ3n) is 5.29. The lowest BCUT2D eigenvalue weighted by Crippen LogP contribution is -2.51. The van der Waals surface area contributed by atoms with E-state index in [0.717, 1.165) is 23.3 Å². The van der Waals surface area contributed by atoms with E-state index in [2.05, 4.69) is 5.32 Å². The minimum Gasteiger partial charge on any atom is -0.497 e. The Morgan fingerprint density at radius 3 is 2.60 bits per heavy atom. The smallest absolute Gasteiger partial charge is 0.317 e. The highest BCUT2D eigenvalue weighted by Crippen LogP contribution is 2.16. The average Bonchev–Trinajstić information content (AvgIpc) is 2.78. The van der Waals surface area contributed by atoms with Gasteiger partial charge in [-0.05, 0) is 41.8 Å². The number of rotatable bonds is 8. The van der Waals surface area contributed by atoms with Crippen molar-refractivity contribution in [3.63, 3.8) is 0 Å². The van der Waals surface area contributed by atoms with Gasteiger partial charge in [0.2, 0.25) is 0 Å². The molecule has 1 aliphatic heterocycles. The van der Waals surface area contributed by atoms with Gasteiger partial charge in [0.25, 0.3) is 0 Å². The molecule has 2 unspecified atom stereocenters. The van der Waals surface area contributed by atoms with Crippen LogP contribution in [0.2, 0.25) is 5.02 Å². The Morgan fingerprint density at radius 1 is 1.23 bits per heavy atom. The molecule has 7 heteroatoms. The number of morpholine rings is 1. The number of urea groups is 1. The van der Waals surface area contributed by atoms with Gasteiger partial charge in [-0.2, -0.15) is 0 Å². The summed E-state index contributed by atoms with van der Waals surface area (Å²) in [5, 5.41) is 13.3. The van der Waals surface area contributed by atoms with Crippen molar-refractivity contribution in [1.29, 1.82) is 0 Å². The number of hydrogen-bond acceptors (Lipinski definition) is 4. The molecule has 2 aromatic rings. The lowest BCUT2D eigenvalue weighted by molar-refractivity contribution is -0.0134. The molecule has 30 heavy (non-hydrogen) atoms. The van der Waals surface area contributed by atoms with Gasteiger partial charge in [0.05, 0.1) is 19.8 Å². The number of aliphatic hydroxyl groups is 1. The summed E-state index contributed by atoms with van der Waals surface area (Å²) in [6.07, 6.45) is 1.38. The van der Waals surface area contributed by atoms with Crippen LogP contribution in [0, 0.1) is 5.92 Å². The number of hydrogen-bond donors (Lipinski definition) is 2. The van der Waals surface area contributed by atoms with Crippen molar-refractivity contribution in [3.05, 3.63) is 64.7 Å². The monoisotopic (exact) mass is 432 g/mol. The summed E-state index contributed by atoms with van der Waals surface area (Å²) in [6.45, 7) is 2.04. The minimum atomic E-state index is -0.118. The summed E-state index contributed by atoms with van der Waals surface area (Å²) in [5.41, 5.74) is 2.23. The van der Waals surface area contributed by atoms with Crippen molar-refractivity contribution >= 4 is 17.6 Å². The van der Waals surface area contributed by atoms with Gasteiger partial charge in [-0.25, -0.2) is 4.79 Å². The van der Waals surface area contributed by atoms with E-state index >= 15 is 0 Å². The van der Waals surface area contributed by atoms with E-state index in [-0.39, 0.29) is 24.7 Å². The first-order chi connectivity index (χ1) is 14.6.